The van der Waals surface area contributed by atoms with Crippen molar-refractivity contribution in [1.82, 2.24) is 9.62 Å². The molecule has 5 nitrogen and oxygen atoms in total. The highest BCUT2D eigenvalue weighted by atomic mass is 127. The molecule has 1 heterocycles. The lowest BCUT2D eigenvalue weighted by Crippen LogP contribution is -2.22. The minimum Gasteiger partial charge on any atom is -0.347 e. The van der Waals surface area contributed by atoms with Crippen molar-refractivity contribution < 1.29 is 13.2 Å². The summed E-state index contributed by atoms with van der Waals surface area (Å²) >= 11 is 9.14. The zero-order valence-electron chi connectivity index (χ0n) is 12.3. The molecule has 1 N–H and O–H groups in total. The summed E-state index contributed by atoms with van der Waals surface area (Å²) in [4.78, 5) is 12.9. The van der Waals surface area contributed by atoms with Gasteiger partial charge in [0.05, 0.1) is 11.6 Å². The lowest BCUT2D eigenvalue weighted by molar-refractivity contribution is 0.0951. The fourth-order valence-electron chi connectivity index (χ4n) is 1.68. The Hall–Kier alpha value is -0.680. The van der Waals surface area contributed by atoms with Crippen molar-refractivity contribution in [2.75, 3.05) is 14.1 Å². The molecule has 0 bridgehead atoms. The Balaban J connectivity index is 2.05. The highest BCUT2D eigenvalue weighted by Gasteiger charge is 2.19. The van der Waals surface area contributed by atoms with E-state index >= 15 is 0 Å². The van der Waals surface area contributed by atoms with E-state index in [0.717, 1.165) is 24.1 Å². The van der Waals surface area contributed by atoms with E-state index in [1.165, 1.54) is 14.1 Å². The molecule has 2 aromatic rings. The van der Waals surface area contributed by atoms with Gasteiger partial charge in [0, 0.05) is 28.1 Å². The molecule has 1 aromatic heterocycles. The van der Waals surface area contributed by atoms with Crippen LogP contribution >= 0.6 is 45.5 Å². The number of hydrogen-bond acceptors (Lipinski definition) is 4. The number of halogens is 2. The van der Waals surface area contributed by atoms with Crippen molar-refractivity contribution in [1.29, 1.82) is 0 Å². The van der Waals surface area contributed by atoms with E-state index in [1.54, 1.807) is 30.3 Å². The minimum atomic E-state index is -3.43. The summed E-state index contributed by atoms with van der Waals surface area (Å²) in [5, 5.41) is 3.37. The molecule has 0 radical (unpaired) electrons. The van der Waals surface area contributed by atoms with E-state index in [0.29, 0.717) is 10.6 Å². The molecule has 0 saturated heterocycles. The van der Waals surface area contributed by atoms with Gasteiger partial charge < -0.3 is 5.32 Å². The van der Waals surface area contributed by atoms with Crippen LogP contribution in [0.5, 0.6) is 0 Å². The number of carbonyl (C=O) groups excluding carboxylic acids is 1. The molecule has 9 heteroatoms. The van der Waals surface area contributed by atoms with Gasteiger partial charge in [-0.1, -0.05) is 11.6 Å². The molecule has 23 heavy (non-hydrogen) atoms. The second-order valence-electron chi connectivity index (χ2n) is 4.82. The minimum absolute atomic E-state index is 0.231. The van der Waals surface area contributed by atoms with Crippen LogP contribution in [-0.4, -0.2) is 32.7 Å². The maximum Gasteiger partial charge on any atom is 0.252 e. The second kappa shape index (κ2) is 7.47. The van der Waals surface area contributed by atoms with Crippen molar-refractivity contribution in [3.63, 3.8) is 0 Å². The first kappa shape index (κ1) is 18.7. The molecule has 0 saturated carbocycles. The summed E-state index contributed by atoms with van der Waals surface area (Å²) < 4.78 is 26.2. The lowest BCUT2D eigenvalue weighted by atomic mass is 10.2. The fraction of sp³-hybridized carbons (Fsp3) is 0.214. The summed E-state index contributed by atoms with van der Waals surface area (Å²) in [5.74, 6) is -0.231. The predicted molar refractivity (Wildman–Crippen MR) is 101 cm³/mol. The molecule has 1 amide bonds. The molecular weight excluding hydrogens is 471 g/mol. The van der Waals surface area contributed by atoms with Gasteiger partial charge in [-0.05, 0) is 52.9 Å². The second-order valence-corrected chi connectivity index (χ2v) is 9.94. The molecule has 0 aliphatic heterocycles. The average Bonchev–Trinajstić information content (AvgIpc) is 2.97. The number of nitrogens with one attached hydrogen (secondary N) is 1. The first-order valence-electron chi connectivity index (χ1n) is 6.46. The van der Waals surface area contributed by atoms with Crippen LogP contribution in [0.1, 0.15) is 15.2 Å². The zero-order chi connectivity index (χ0) is 17.2. The van der Waals surface area contributed by atoms with Crippen LogP contribution in [0.3, 0.4) is 0 Å². The first-order chi connectivity index (χ1) is 10.7. The molecule has 2 rings (SSSR count). The largest absolute Gasteiger partial charge is 0.347 e. The van der Waals surface area contributed by atoms with Crippen LogP contribution in [0.2, 0.25) is 5.02 Å². The molecular formula is C14H14ClIN2O3S2. The Bertz CT molecular complexity index is 834. The van der Waals surface area contributed by atoms with E-state index in [1.807, 2.05) is 0 Å². The highest BCUT2D eigenvalue weighted by molar-refractivity contribution is 14.1. The number of sulfonamides is 1. The van der Waals surface area contributed by atoms with Crippen molar-refractivity contribution in [2.45, 2.75) is 10.8 Å². The van der Waals surface area contributed by atoms with Gasteiger partial charge >= 0.3 is 0 Å². The molecule has 0 unspecified atom stereocenters. The van der Waals surface area contributed by atoms with Gasteiger partial charge in [-0.3, -0.25) is 4.79 Å². The van der Waals surface area contributed by atoms with Crippen LogP contribution < -0.4 is 5.32 Å². The zero-order valence-corrected chi connectivity index (χ0v) is 16.9. The van der Waals surface area contributed by atoms with Gasteiger partial charge in [0.1, 0.15) is 4.21 Å². The quantitative estimate of drug-likeness (QED) is 0.663. The average molecular weight is 485 g/mol. The number of amides is 1. The smallest absolute Gasteiger partial charge is 0.252 e. The molecule has 0 aliphatic carbocycles. The third kappa shape index (κ3) is 4.44. The standard InChI is InChI=1S/C14H14ClIN2O3S2/c1-18(2)23(20,21)13-6-4-10(22-13)8-17-14(19)9-3-5-11(15)12(16)7-9/h3-7H,8H2,1-2H3,(H,17,19). The molecule has 0 aliphatic rings. The van der Waals surface area contributed by atoms with Crippen LogP contribution in [0.25, 0.3) is 0 Å². The van der Waals surface area contributed by atoms with Gasteiger partial charge in [-0.15, -0.1) is 11.3 Å². The number of hydrogen-bond donors (Lipinski definition) is 1. The summed E-state index contributed by atoms with van der Waals surface area (Å²) in [6, 6.07) is 8.27. The Morgan fingerprint density at radius 2 is 2.00 bits per heavy atom. The van der Waals surface area contributed by atoms with Crippen molar-refractivity contribution >= 4 is 61.5 Å². The lowest BCUT2D eigenvalue weighted by Gasteiger charge is -2.08. The number of nitrogens with zero attached hydrogens (tertiary/aromatic N) is 1. The summed E-state index contributed by atoms with van der Waals surface area (Å²) in [5.41, 5.74) is 0.511. The van der Waals surface area contributed by atoms with Crippen LogP contribution in [0, 0.1) is 3.57 Å². The fourth-order valence-corrected chi connectivity index (χ4v) is 4.78. The number of carbonyl (C=O) groups is 1. The Morgan fingerprint density at radius 3 is 2.61 bits per heavy atom. The van der Waals surface area contributed by atoms with Crippen molar-refractivity contribution in [3.8, 4) is 0 Å². The van der Waals surface area contributed by atoms with Gasteiger partial charge in [0.15, 0.2) is 0 Å². The molecule has 0 fully saturated rings. The number of thiophene rings is 1. The third-order valence-corrected chi connectivity index (χ3v) is 7.89. The van der Waals surface area contributed by atoms with Crippen LogP contribution in [-0.2, 0) is 16.6 Å². The maximum absolute atomic E-state index is 12.1. The Morgan fingerprint density at radius 1 is 1.30 bits per heavy atom. The van der Waals surface area contributed by atoms with Crippen molar-refractivity contribution in [3.05, 3.63) is 49.4 Å². The molecule has 0 spiro atoms. The number of benzene rings is 1. The van der Waals surface area contributed by atoms with E-state index in [4.69, 9.17) is 11.6 Å². The first-order valence-corrected chi connectivity index (χ1v) is 10.2. The van der Waals surface area contributed by atoms with Gasteiger partial charge in [-0.2, -0.15) is 0 Å². The Labute approximate surface area is 157 Å². The van der Waals surface area contributed by atoms with Gasteiger partial charge in [-0.25, -0.2) is 12.7 Å². The number of rotatable bonds is 5. The SMILES string of the molecule is CN(C)S(=O)(=O)c1ccc(CNC(=O)c2ccc(Cl)c(I)c2)s1. The summed E-state index contributed by atoms with van der Waals surface area (Å²) in [7, 11) is -0.464. The topological polar surface area (TPSA) is 66.5 Å². The predicted octanol–water partition coefficient (Wildman–Crippen LogP) is 3.19. The van der Waals surface area contributed by atoms with Crippen molar-refractivity contribution in [2.24, 2.45) is 0 Å². The van der Waals surface area contributed by atoms with Crippen LogP contribution in [0.4, 0.5) is 0 Å². The summed E-state index contributed by atoms with van der Waals surface area (Å²) in [6.45, 7) is 0.269. The van der Waals surface area contributed by atoms with E-state index in [9.17, 15) is 13.2 Å². The third-order valence-electron chi connectivity index (χ3n) is 2.98. The maximum atomic E-state index is 12.1. The Kier molecular flexibility index (Phi) is 6.06. The van der Waals surface area contributed by atoms with E-state index in [2.05, 4.69) is 27.9 Å². The highest BCUT2D eigenvalue weighted by Crippen LogP contribution is 2.24. The van der Waals surface area contributed by atoms with Crippen LogP contribution in [0.15, 0.2) is 34.5 Å². The monoisotopic (exact) mass is 484 g/mol. The molecule has 1 aromatic carbocycles. The normalized spacial score (nSPS) is 11.7. The van der Waals surface area contributed by atoms with Gasteiger partial charge in [0.2, 0.25) is 0 Å². The van der Waals surface area contributed by atoms with E-state index < -0.39 is 10.0 Å². The molecule has 0 atom stereocenters. The van der Waals surface area contributed by atoms with Gasteiger partial charge in [0.25, 0.3) is 15.9 Å². The summed E-state index contributed by atoms with van der Waals surface area (Å²) in [6.07, 6.45) is 0. The molecule has 124 valence electrons. The van der Waals surface area contributed by atoms with E-state index in [-0.39, 0.29) is 16.7 Å².